The fourth-order valence-corrected chi connectivity index (χ4v) is 3.08. The first-order valence-electron chi connectivity index (χ1n) is 5.13. The van der Waals surface area contributed by atoms with Crippen molar-refractivity contribution in [1.29, 1.82) is 0 Å². The molecule has 0 amide bonds. The third-order valence-corrected chi connectivity index (χ3v) is 4.01. The summed E-state index contributed by atoms with van der Waals surface area (Å²) in [6.45, 7) is 5.05. The van der Waals surface area contributed by atoms with Gasteiger partial charge in [0, 0.05) is 4.47 Å². The van der Waals surface area contributed by atoms with Crippen molar-refractivity contribution in [3.8, 4) is 0 Å². The van der Waals surface area contributed by atoms with Crippen LogP contribution >= 0.6 is 15.9 Å². The van der Waals surface area contributed by atoms with Gasteiger partial charge in [0.25, 0.3) is 0 Å². The quantitative estimate of drug-likeness (QED) is 0.878. The average Bonchev–Trinajstić information content (AvgIpc) is 2.66. The van der Waals surface area contributed by atoms with Crippen LogP contribution in [-0.4, -0.2) is 6.54 Å². The van der Waals surface area contributed by atoms with Crippen LogP contribution in [0.5, 0.6) is 0 Å². The van der Waals surface area contributed by atoms with Crippen LogP contribution in [0.3, 0.4) is 0 Å². The number of hydrogen-bond acceptors (Lipinski definition) is 1. The molecule has 1 aliphatic rings. The highest BCUT2D eigenvalue weighted by Crippen LogP contribution is 2.63. The van der Waals surface area contributed by atoms with E-state index >= 15 is 0 Å². The van der Waals surface area contributed by atoms with Crippen LogP contribution in [0.2, 0.25) is 0 Å². The zero-order valence-electron chi connectivity index (χ0n) is 8.93. The molecule has 0 bridgehead atoms. The van der Waals surface area contributed by atoms with Gasteiger partial charge in [-0.25, -0.2) is 4.39 Å². The molecule has 1 nitrogen and oxygen atoms in total. The van der Waals surface area contributed by atoms with Crippen LogP contribution in [0, 0.1) is 17.2 Å². The SMILES string of the molecule is CC1(C)C(CN)C1c1cc(F)cc(Br)c1. The van der Waals surface area contributed by atoms with E-state index in [0.717, 1.165) is 10.0 Å². The van der Waals surface area contributed by atoms with E-state index in [4.69, 9.17) is 5.73 Å². The number of halogens is 2. The van der Waals surface area contributed by atoms with E-state index in [2.05, 4.69) is 29.8 Å². The lowest BCUT2D eigenvalue weighted by Gasteiger charge is -2.04. The number of hydrogen-bond donors (Lipinski definition) is 1. The molecule has 1 saturated carbocycles. The van der Waals surface area contributed by atoms with Gasteiger partial charge in [0.15, 0.2) is 0 Å². The summed E-state index contributed by atoms with van der Waals surface area (Å²) in [5.74, 6) is 0.693. The van der Waals surface area contributed by atoms with Crippen LogP contribution in [-0.2, 0) is 0 Å². The van der Waals surface area contributed by atoms with Crippen molar-refractivity contribution >= 4 is 15.9 Å². The van der Waals surface area contributed by atoms with E-state index in [1.165, 1.54) is 6.07 Å². The maximum Gasteiger partial charge on any atom is 0.124 e. The van der Waals surface area contributed by atoms with Crippen LogP contribution in [0.4, 0.5) is 4.39 Å². The van der Waals surface area contributed by atoms with Crippen molar-refractivity contribution in [2.24, 2.45) is 17.1 Å². The lowest BCUT2D eigenvalue weighted by molar-refractivity contribution is 0.558. The third kappa shape index (κ3) is 1.83. The number of benzene rings is 1. The van der Waals surface area contributed by atoms with E-state index in [-0.39, 0.29) is 11.2 Å². The minimum Gasteiger partial charge on any atom is -0.330 e. The van der Waals surface area contributed by atoms with E-state index in [1.54, 1.807) is 6.07 Å². The Morgan fingerprint density at radius 3 is 2.53 bits per heavy atom. The fourth-order valence-electron chi connectivity index (χ4n) is 2.60. The Kier molecular flexibility index (Phi) is 2.63. The van der Waals surface area contributed by atoms with Gasteiger partial charge in [-0.05, 0) is 47.6 Å². The van der Waals surface area contributed by atoms with Crippen molar-refractivity contribution < 1.29 is 4.39 Å². The maximum absolute atomic E-state index is 13.2. The van der Waals surface area contributed by atoms with Gasteiger partial charge in [0.1, 0.15) is 5.82 Å². The van der Waals surface area contributed by atoms with Crippen LogP contribution in [0.15, 0.2) is 22.7 Å². The predicted molar refractivity (Wildman–Crippen MR) is 63.2 cm³/mol. The van der Waals surface area contributed by atoms with Gasteiger partial charge < -0.3 is 5.73 Å². The third-order valence-electron chi connectivity index (χ3n) is 3.55. The summed E-state index contributed by atoms with van der Waals surface area (Å²) >= 11 is 3.32. The molecular formula is C12H15BrFN. The summed E-state index contributed by atoms with van der Waals surface area (Å²) in [6.07, 6.45) is 0. The minimum absolute atomic E-state index is 0.183. The standard InChI is InChI=1S/C12H15BrFN/c1-12(2)10(6-15)11(12)7-3-8(13)5-9(14)4-7/h3-5,10-11H,6,15H2,1-2H3. The first-order chi connectivity index (χ1) is 6.96. The molecule has 0 heterocycles. The minimum atomic E-state index is -0.183. The topological polar surface area (TPSA) is 26.0 Å². The second kappa shape index (κ2) is 3.56. The summed E-state index contributed by atoms with van der Waals surface area (Å²) in [6, 6.07) is 5.09. The molecule has 2 atom stereocenters. The molecule has 1 aliphatic carbocycles. The Bertz CT molecular complexity index is 369. The average molecular weight is 272 g/mol. The number of rotatable bonds is 2. The van der Waals surface area contributed by atoms with Crippen molar-refractivity contribution in [2.75, 3.05) is 6.54 Å². The normalized spacial score (nSPS) is 27.8. The molecule has 82 valence electrons. The zero-order valence-corrected chi connectivity index (χ0v) is 10.5. The summed E-state index contributed by atoms with van der Waals surface area (Å²) in [5.41, 5.74) is 6.98. The molecule has 0 saturated heterocycles. The smallest absolute Gasteiger partial charge is 0.124 e. The molecule has 15 heavy (non-hydrogen) atoms. The largest absolute Gasteiger partial charge is 0.330 e. The van der Waals surface area contributed by atoms with Gasteiger partial charge in [-0.1, -0.05) is 29.8 Å². The van der Waals surface area contributed by atoms with E-state index < -0.39 is 0 Å². The maximum atomic E-state index is 13.2. The van der Waals surface area contributed by atoms with Crippen molar-refractivity contribution in [2.45, 2.75) is 19.8 Å². The molecule has 0 radical (unpaired) electrons. The molecular weight excluding hydrogens is 257 g/mol. The molecule has 1 fully saturated rings. The monoisotopic (exact) mass is 271 g/mol. The second-order valence-electron chi connectivity index (χ2n) is 4.84. The van der Waals surface area contributed by atoms with Gasteiger partial charge in [0.2, 0.25) is 0 Å². The van der Waals surface area contributed by atoms with Crippen LogP contribution in [0.25, 0.3) is 0 Å². The predicted octanol–water partition coefficient (Wildman–Crippen LogP) is 3.29. The van der Waals surface area contributed by atoms with Crippen LogP contribution < -0.4 is 5.73 Å². The van der Waals surface area contributed by atoms with E-state index in [9.17, 15) is 4.39 Å². The highest BCUT2D eigenvalue weighted by molar-refractivity contribution is 9.10. The Labute approximate surface area is 98.0 Å². The first kappa shape index (κ1) is 11.1. The Morgan fingerprint density at radius 2 is 2.07 bits per heavy atom. The van der Waals surface area contributed by atoms with Gasteiger partial charge in [-0.3, -0.25) is 0 Å². The fraction of sp³-hybridized carbons (Fsp3) is 0.500. The van der Waals surface area contributed by atoms with Gasteiger partial charge in [0.05, 0.1) is 0 Å². The van der Waals surface area contributed by atoms with Gasteiger partial charge in [-0.15, -0.1) is 0 Å². The van der Waals surface area contributed by atoms with Crippen molar-refractivity contribution in [3.63, 3.8) is 0 Å². The molecule has 3 heteroatoms. The van der Waals surface area contributed by atoms with Crippen molar-refractivity contribution in [3.05, 3.63) is 34.1 Å². The van der Waals surface area contributed by atoms with Gasteiger partial charge >= 0.3 is 0 Å². The molecule has 2 rings (SSSR count). The van der Waals surface area contributed by atoms with E-state index in [0.29, 0.717) is 18.4 Å². The van der Waals surface area contributed by atoms with E-state index in [1.807, 2.05) is 6.07 Å². The Balaban J connectivity index is 2.32. The van der Waals surface area contributed by atoms with Gasteiger partial charge in [-0.2, -0.15) is 0 Å². The molecule has 0 spiro atoms. The summed E-state index contributed by atoms with van der Waals surface area (Å²) in [4.78, 5) is 0. The number of nitrogens with two attached hydrogens (primary N) is 1. The highest BCUT2D eigenvalue weighted by atomic mass is 79.9. The Hall–Kier alpha value is -0.410. The zero-order chi connectivity index (χ0) is 11.2. The van der Waals surface area contributed by atoms with Crippen LogP contribution in [0.1, 0.15) is 25.3 Å². The Morgan fingerprint density at radius 1 is 1.40 bits per heavy atom. The summed E-state index contributed by atoms with van der Waals surface area (Å²) in [5, 5.41) is 0. The lowest BCUT2D eigenvalue weighted by atomic mass is 10.0. The highest BCUT2D eigenvalue weighted by Gasteiger charge is 2.57. The van der Waals surface area contributed by atoms with Crippen molar-refractivity contribution in [1.82, 2.24) is 0 Å². The first-order valence-corrected chi connectivity index (χ1v) is 5.92. The summed E-state index contributed by atoms with van der Waals surface area (Å²) < 4.78 is 14.0. The molecule has 1 aromatic rings. The molecule has 2 unspecified atom stereocenters. The lowest BCUT2D eigenvalue weighted by Crippen LogP contribution is -2.05. The molecule has 1 aromatic carbocycles. The molecule has 2 N–H and O–H groups in total. The molecule has 0 aromatic heterocycles. The molecule has 0 aliphatic heterocycles. The summed E-state index contributed by atoms with van der Waals surface area (Å²) in [7, 11) is 0. The second-order valence-corrected chi connectivity index (χ2v) is 5.76.